The number of anilines is 1. The number of nitrogens with zero attached hydrogens (tertiary/aromatic N) is 2. The number of halogens is 1. The fourth-order valence-electron chi connectivity index (χ4n) is 4.88. The number of sulfonamides is 1. The Morgan fingerprint density at radius 3 is 2.00 bits per heavy atom. The molecule has 0 bridgehead atoms. The van der Waals surface area contributed by atoms with Crippen molar-refractivity contribution in [3.05, 3.63) is 130 Å². The zero-order chi connectivity index (χ0) is 32.8. The van der Waals surface area contributed by atoms with E-state index in [0.717, 1.165) is 26.6 Å². The van der Waals surface area contributed by atoms with Gasteiger partial charge in [-0.25, -0.2) is 8.42 Å². The highest BCUT2D eigenvalue weighted by Crippen LogP contribution is 2.29. The molecule has 2 amide bonds. The quantitative estimate of drug-likeness (QED) is 0.197. The van der Waals surface area contributed by atoms with Crippen LogP contribution in [0.5, 0.6) is 0 Å². The summed E-state index contributed by atoms with van der Waals surface area (Å²) in [6.07, 6.45) is 0.238. The van der Waals surface area contributed by atoms with E-state index in [1.807, 2.05) is 89.2 Å². The molecule has 0 radical (unpaired) electrons. The first kappa shape index (κ1) is 33.7. The molecule has 0 heterocycles. The molecule has 7 nitrogen and oxygen atoms in total. The van der Waals surface area contributed by atoms with Crippen molar-refractivity contribution in [2.75, 3.05) is 10.8 Å². The molecule has 0 aromatic heterocycles. The zero-order valence-corrected chi connectivity index (χ0v) is 27.9. The number of aryl methyl sites for hydroxylation is 2. The predicted octanol–water partition coefficient (Wildman–Crippen LogP) is 6.71. The predicted molar refractivity (Wildman–Crippen MR) is 181 cm³/mol. The zero-order valence-electron chi connectivity index (χ0n) is 26.3. The highest BCUT2D eigenvalue weighted by molar-refractivity contribution is 7.92. The van der Waals surface area contributed by atoms with Gasteiger partial charge in [-0.2, -0.15) is 0 Å². The Balaban J connectivity index is 1.82. The Morgan fingerprint density at radius 2 is 1.42 bits per heavy atom. The molecule has 0 unspecified atom stereocenters. The van der Waals surface area contributed by atoms with Gasteiger partial charge in [0.05, 0.1) is 10.6 Å². The Hall–Kier alpha value is -4.14. The van der Waals surface area contributed by atoms with Gasteiger partial charge < -0.3 is 10.2 Å². The van der Waals surface area contributed by atoms with Crippen LogP contribution in [0.4, 0.5) is 5.69 Å². The first-order valence-corrected chi connectivity index (χ1v) is 16.6. The van der Waals surface area contributed by atoms with Crippen LogP contribution in [0.3, 0.4) is 0 Å². The summed E-state index contributed by atoms with van der Waals surface area (Å²) in [6.45, 7) is 8.99. The fourth-order valence-corrected chi connectivity index (χ4v) is 6.48. The number of carbonyl (C=O) groups is 2. The Kier molecular flexibility index (Phi) is 10.7. The SMILES string of the molecule is Cc1ccc(CN(C(=O)CN(c2ccc(C)c(Cl)c2)S(=O)(=O)c2ccccc2)[C@@H](Cc2ccccc2)C(=O)NC(C)(C)C)cc1. The van der Waals surface area contributed by atoms with Crippen molar-refractivity contribution >= 4 is 39.1 Å². The van der Waals surface area contributed by atoms with E-state index in [4.69, 9.17) is 11.6 Å². The smallest absolute Gasteiger partial charge is 0.264 e. The van der Waals surface area contributed by atoms with Gasteiger partial charge in [-0.1, -0.05) is 96.0 Å². The van der Waals surface area contributed by atoms with Crippen LogP contribution >= 0.6 is 11.6 Å². The second-order valence-electron chi connectivity index (χ2n) is 12.2. The monoisotopic (exact) mass is 645 g/mol. The average molecular weight is 646 g/mol. The molecule has 0 saturated carbocycles. The van der Waals surface area contributed by atoms with Crippen LogP contribution in [-0.2, 0) is 32.6 Å². The maximum absolute atomic E-state index is 14.5. The van der Waals surface area contributed by atoms with Crippen LogP contribution in [0.1, 0.15) is 43.0 Å². The number of carbonyl (C=O) groups excluding carboxylic acids is 2. The van der Waals surface area contributed by atoms with E-state index in [0.29, 0.717) is 5.02 Å². The maximum atomic E-state index is 14.5. The van der Waals surface area contributed by atoms with Crippen molar-refractivity contribution in [1.29, 1.82) is 0 Å². The summed E-state index contributed by atoms with van der Waals surface area (Å²) in [7, 11) is -4.20. The van der Waals surface area contributed by atoms with Gasteiger partial charge in [0.15, 0.2) is 0 Å². The number of hydrogen-bond acceptors (Lipinski definition) is 4. The van der Waals surface area contributed by atoms with E-state index in [1.165, 1.54) is 17.0 Å². The summed E-state index contributed by atoms with van der Waals surface area (Å²) in [6, 6.07) is 29.1. The largest absolute Gasteiger partial charge is 0.350 e. The summed E-state index contributed by atoms with van der Waals surface area (Å²) in [5, 5.41) is 3.41. The second kappa shape index (κ2) is 14.3. The minimum atomic E-state index is -4.20. The van der Waals surface area contributed by atoms with Crippen LogP contribution in [0.15, 0.2) is 108 Å². The van der Waals surface area contributed by atoms with Crippen molar-refractivity contribution in [2.45, 2.75) is 64.1 Å². The van der Waals surface area contributed by atoms with Gasteiger partial charge >= 0.3 is 0 Å². The fraction of sp³-hybridized carbons (Fsp3) is 0.278. The van der Waals surface area contributed by atoms with Crippen molar-refractivity contribution < 1.29 is 18.0 Å². The summed E-state index contributed by atoms with van der Waals surface area (Å²) in [4.78, 5) is 30.0. The van der Waals surface area contributed by atoms with E-state index < -0.39 is 34.1 Å². The standard InChI is InChI=1S/C36H40ClN3O4S/c1-26-16-19-29(20-17-26)24-39(33(35(42)38-36(3,4)5)22-28-12-8-6-9-13-28)34(41)25-40(30-21-18-27(2)32(37)23-30)45(43,44)31-14-10-7-11-15-31/h6-21,23,33H,22,24-25H2,1-5H3,(H,38,42)/t33-/m0/s1. The van der Waals surface area contributed by atoms with Gasteiger partial charge in [0.1, 0.15) is 12.6 Å². The number of benzene rings is 4. The van der Waals surface area contributed by atoms with E-state index in [2.05, 4.69) is 5.32 Å². The lowest BCUT2D eigenvalue weighted by molar-refractivity contribution is -0.140. The summed E-state index contributed by atoms with van der Waals surface area (Å²) in [5.41, 5.74) is 3.19. The molecule has 4 rings (SSSR count). The molecule has 0 aliphatic rings. The Morgan fingerprint density at radius 1 is 0.822 bits per heavy atom. The minimum Gasteiger partial charge on any atom is -0.350 e. The van der Waals surface area contributed by atoms with Crippen molar-refractivity contribution in [2.24, 2.45) is 0 Å². The van der Waals surface area contributed by atoms with Crippen LogP contribution in [-0.4, -0.2) is 43.3 Å². The minimum absolute atomic E-state index is 0.0332. The lowest BCUT2D eigenvalue weighted by atomic mass is 10.0. The third-order valence-corrected chi connectivity index (χ3v) is 9.49. The number of hydrogen-bond donors (Lipinski definition) is 1. The molecule has 9 heteroatoms. The van der Waals surface area contributed by atoms with Gasteiger partial charge in [0, 0.05) is 23.5 Å². The molecule has 1 atom stereocenters. The van der Waals surface area contributed by atoms with E-state index >= 15 is 0 Å². The maximum Gasteiger partial charge on any atom is 0.264 e. The van der Waals surface area contributed by atoms with Gasteiger partial charge in [-0.15, -0.1) is 0 Å². The molecule has 0 saturated heterocycles. The number of amides is 2. The van der Waals surface area contributed by atoms with Crippen molar-refractivity contribution in [1.82, 2.24) is 10.2 Å². The highest BCUT2D eigenvalue weighted by atomic mass is 35.5. The van der Waals surface area contributed by atoms with Gasteiger partial charge in [-0.05, 0) is 75.6 Å². The van der Waals surface area contributed by atoms with Crippen LogP contribution in [0, 0.1) is 13.8 Å². The molecule has 0 spiro atoms. The second-order valence-corrected chi connectivity index (χ2v) is 14.5. The average Bonchev–Trinajstić information content (AvgIpc) is 3.00. The molecule has 0 fully saturated rings. The molecule has 1 N–H and O–H groups in total. The molecule has 236 valence electrons. The number of nitrogens with one attached hydrogen (secondary N) is 1. The summed E-state index contributed by atoms with van der Waals surface area (Å²) < 4.78 is 29.3. The number of rotatable bonds is 11. The first-order valence-electron chi connectivity index (χ1n) is 14.8. The summed E-state index contributed by atoms with van der Waals surface area (Å²) >= 11 is 6.45. The summed E-state index contributed by atoms with van der Waals surface area (Å²) in [5.74, 6) is -0.862. The van der Waals surface area contributed by atoms with E-state index in [9.17, 15) is 18.0 Å². The molecule has 0 aliphatic heterocycles. The van der Waals surface area contributed by atoms with E-state index in [1.54, 1.807) is 36.4 Å². The third-order valence-electron chi connectivity index (χ3n) is 7.30. The molecular weight excluding hydrogens is 606 g/mol. The first-order chi connectivity index (χ1) is 21.2. The van der Waals surface area contributed by atoms with Crippen LogP contribution in [0.25, 0.3) is 0 Å². The molecule has 45 heavy (non-hydrogen) atoms. The molecular formula is C36H40ClN3O4S. The Labute approximate surface area is 271 Å². The lowest BCUT2D eigenvalue weighted by Crippen LogP contribution is -2.56. The van der Waals surface area contributed by atoms with Crippen molar-refractivity contribution in [3.8, 4) is 0 Å². The topological polar surface area (TPSA) is 86.8 Å². The van der Waals surface area contributed by atoms with Gasteiger partial charge in [0.2, 0.25) is 11.8 Å². The van der Waals surface area contributed by atoms with Crippen LogP contribution in [0.2, 0.25) is 5.02 Å². The van der Waals surface area contributed by atoms with Crippen molar-refractivity contribution in [3.63, 3.8) is 0 Å². The lowest BCUT2D eigenvalue weighted by Gasteiger charge is -2.35. The highest BCUT2D eigenvalue weighted by Gasteiger charge is 2.35. The normalized spacial score (nSPS) is 12.3. The molecule has 4 aromatic rings. The molecule has 4 aromatic carbocycles. The van der Waals surface area contributed by atoms with E-state index in [-0.39, 0.29) is 29.5 Å². The van der Waals surface area contributed by atoms with Crippen LogP contribution < -0.4 is 9.62 Å². The van der Waals surface area contributed by atoms with Gasteiger partial charge in [-0.3, -0.25) is 13.9 Å². The van der Waals surface area contributed by atoms with Gasteiger partial charge in [0.25, 0.3) is 10.0 Å². The molecule has 0 aliphatic carbocycles. The Bertz CT molecular complexity index is 1720. The third kappa shape index (κ3) is 8.96.